The van der Waals surface area contributed by atoms with Gasteiger partial charge in [0.25, 0.3) is 0 Å². The zero-order chi connectivity index (χ0) is 12.8. The van der Waals surface area contributed by atoms with E-state index in [0.29, 0.717) is 12.3 Å². The van der Waals surface area contributed by atoms with Gasteiger partial charge in [-0.25, -0.2) is 0 Å². The zero-order valence-electron chi connectivity index (χ0n) is 11.5. The van der Waals surface area contributed by atoms with E-state index in [1.54, 1.807) is 0 Å². The van der Waals surface area contributed by atoms with Crippen LogP contribution in [0.4, 0.5) is 0 Å². The topological polar surface area (TPSA) is 40.5 Å². The average Bonchev–Trinajstić information content (AvgIpc) is 2.27. The Labute approximate surface area is 105 Å². The maximum absolute atomic E-state index is 10.6. The molecule has 2 nitrogen and oxygen atoms in total. The van der Waals surface area contributed by atoms with E-state index in [0.717, 1.165) is 24.8 Å². The predicted molar refractivity (Wildman–Crippen MR) is 69.6 cm³/mol. The molecule has 0 saturated heterocycles. The number of aliphatic hydroxyl groups excluding tert-OH is 1. The highest BCUT2D eigenvalue weighted by atomic mass is 16.3. The molecule has 4 atom stereocenters. The molecule has 0 aromatic rings. The maximum atomic E-state index is 10.6. The largest absolute Gasteiger partial charge is 0.390 e. The molecule has 0 spiro atoms. The molecule has 17 heavy (non-hydrogen) atoms. The third-order valence-electron chi connectivity index (χ3n) is 5.08. The summed E-state index contributed by atoms with van der Waals surface area (Å²) in [6.45, 7) is 8.56. The van der Waals surface area contributed by atoms with E-state index in [1.165, 1.54) is 0 Å². The molecule has 2 N–H and O–H groups in total. The highest BCUT2D eigenvalue weighted by Gasteiger charge is 2.48. The first kappa shape index (κ1) is 13.1. The molecule has 0 aromatic heterocycles. The highest BCUT2D eigenvalue weighted by Crippen LogP contribution is 2.51. The van der Waals surface area contributed by atoms with Crippen LogP contribution in [0.15, 0.2) is 11.6 Å². The summed E-state index contributed by atoms with van der Waals surface area (Å²) in [5, 5.41) is 20.7. The van der Waals surface area contributed by atoms with Crippen LogP contribution in [0.3, 0.4) is 0 Å². The van der Waals surface area contributed by atoms with Gasteiger partial charge < -0.3 is 10.2 Å². The lowest BCUT2D eigenvalue weighted by molar-refractivity contribution is -0.0539. The van der Waals surface area contributed by atoms with E-state index in [1.807, 2.05) is 13.8 Å². The summed E-state index contributed by atoms with van der Waals surface area (Å²) in [6.07, 6.45) is 5.66. The quantitative estimate of drug-likeness (QED) is 0.637. The summed E-state index contributed by atoms with van der Waals surface area (Å²) in [7, 11) is 0. The van der Waals surface area contributed by atoms with Crippen molar-refractivity contribution in [1.82, 2.24) is 0 Å². The van der Waals surface area contributed by atoms with E-state index in [2.05, 4.69) is 19.9 Å². The Kier molecular flexibility index (Phi) is 3.16. The molecule has 0 heterocycles. The van der Waals surface area contributed by atoms with Gasteiger partial charge in [0.1, 0.15) is 0 Å². The number of aliphatic hydroxyl groups is 2. The Morgan fingerprint density at radius 3 is 2.53 bits per heavy atom. The predicted octanol–water partition coefficient (Wildman–Crippen LogP) is 2.89. The standard InChI is InChI=1S/C15H26O2/c1-10-8-11-12(9-13(10)16)15(4,17)7-5-6-14(11,2)3/h8,11-13,16-17H,5-7,9H2,1-4H3/t11-,12+,13+,15-/m1/s1. The van der Waals surface area contributed by atoms with E-state index in [9.17, 15) is 10.2 Å². The van der Waals surface area contributed by atoms with Gasteiger partial charge in [-0.3, -0.25) is 0 Å². The lowest BCUT2D eigenvalue weighted by Crippen LogP contribution is -2.45. The van der Waals surface area contributed by atoms with Crippen molar-refractivity contribution >= 4 is 0 Å². The van der Waals surface area contributed by atoms with Gasteiger partial charge in [-0.2, -0.15) is 0 Å². The minimum Gasteiger partial charge on any atom is -0.390 e. The van der Waals surface area contributed by atoms with Crippen LogP contribution in [0.2, 0.25) is 0 Å². The van der Waals surface area contributed by atoms with Gasteiger partial charge in [-0.1, -0.05) is 26.3 Å². The lowest BCUT2D eigenvalue weighted by atomic mass is 9.62. The number of rotatable bonds is 0. The average molecular weight is 238 g/mol. The summed E-state index contributed by atoms with van der Waals surface area (Å²) in [4.78, 5) is 0. The molecule has 2 aliphatic carbocycles. The normalized spacial score (nSPS) is 45.8. The Hall–Kier alpha value is -0.340. The third-order valence-corrected chi connectivity index (χ3v) is 5.08. The molecule has 0 unspecified atom stereocenters. The molecule has 0 aliphatic heterocycles. The van der Waals surface area contributed by atoms with Gasteiger partial charge in [-0.15, -0.1) is 0 Å². The third kappa shape index (κ3) is 2.30. The Morgan fingerprint density at radius 1 is 1.24 bits per heavy atom. The van der Waals surface area contributed by atoms with Gasteiger partial charge in [0.2, 0.25) is 0 Å². The fourth-order valence-electron chi connectivity index (χ4n) is 3.75. The van der Waals surface area contributed by atoms with Crippen LogP contribution < -0.4 is 0 Å². The molecular formula is C15H26O2. The Bertz CT molecular complexity index is 328. The molecule has 2 heteroatoms. The first-order chi connectivity index (χ1) is 7.74. The smallest absolute Gasteiger partial charge is 0.0751 e. The van der Waals surface area contributed by atoms with Crippen molar-refractivity contribution in [1.29, 1.82) is 0 Å². The number of allylic oxidation sites excluding steroid dienone is 1. The molecule has 0 radical (unpaired) electrons. The van der Waals surface area contributed by atoms with Crippen molar-refractivity contribution in [3.8, 4) is 0 Å². The lowest BCUT2D eigenvalue weighted by Gasteiger charge is -2.45. The minimum absolute atomic E-state index is 0.193. The van der Waals surface area contributed by atoms with E-state index in [4.69, 9.17) is 0 Å². The SMILES string of the molecule is CC1=C[C@@H]2[C@H](C[C@@H]1O)[C@](C)(O)CCCC2(C)C. The Balaban J connectivity index is 2.41. The summed E-state index contributed by atoms with van der Waals surface area (Å²) in [6, 6.07) is 0. The van der Waals surface area contributed by atoms with Crippen LogP contribution in [-0.2, 0) is 0 Å². The molecule has 0 amide bonds. The second-order valence-electron chi connectivity index (χ2n) is 6.99. The van der Waals surface area contributed by atoms with Crippen LogP contribution in [0, 0.1) is 17.3 Å². The van der Waals surface area contributed by atoms with Crippen LogP contribution >= 0.6 is 0 Å². The van der Waals surface area contributed by atoms with Crippen LogP contribution in [0.5, 0.6) is 0 Å². The van der Waals surface area contributed by atoms with Crippen LogP contribution in [-0.4, -0.2) is 21.9 Å². The molecule has 2 aliphatic rings. The van der Waals surface area contributed by atoms with Gasteiger partial charge in [0, 0.05) is 0 Å². The van der Waals surface area contributed by atoms with Crippen molar-refractivity contribution < 1.29 is 10.2 Å². The summed E-state index contributed by atoms with van der Waals surface area (Å²) in [5.74, 6) is 0.585. The highest BCUT2D eigenvalue weighted by molar-refractivity contribution is 5.18. The summed E-state index contributed by atoms with van der Waals surface area (Å²) >= 11 is 0. The monoisotopic (exact) mass is 238 g/mol. The molecule has 0 aromatic carbocycles. The van der Waals surface area contributed by atoms with E-state index >= 15 is 0 Å². The number of hydrogen-bond donors (Lipinski definition) is 2. The van der Waals surface area contributed by atoms with E-state index < -0.39 is 5.60 Å². The fourth-order valence-corrected chi connectivity index (χ4v) is 3.75. The second kappa shape index (κ2) is 4.10. The minimum atomic E-state index is -0.628. The van der Waals surface area contributed by atoms with Gasteiger partial charge in [0.05, 0.1) is 11.7 Å². The van der Waals surface area contributed by atoms with Crippen molar-refractivity contribution in [2.75, 3.05) is 0 Å². The second-order valence-corrected chi connectivity index (χ2v) is 6.99. The van der Waals surface area contributed by atoms with Crippen LogP contribution in [0.25, 0.3) is 0 Å². The van der Waals surface area contributed by atoms with Gasteiger partial charge in [-0.05, 0) is 55.9 Å². The van der Waals surface area contributed by atoms with Gasteiger partial charge >= 0.3 is 0 Å². The molecule has 1 saturated carbocycles. The first-order valence-corrected chi connectivity index (χ1v) is 6.83. The molecule has 1 fully saturated rings. The number of fused-ring (bicyclic) bond motifs is 1. The Morgan fingerprint density at radius 2 is 1.88 bits per heavy atom. The molecule has 0 bridgehead atoms. The van der Waals surface area contributed by atoms with Crippen molar-refractivity contribution in [2.45, 2.75) is 65.1 Å². The molecular weight excluding hydrogens is 212 g/mol. The van der Waals surface area contributed by atoms with Gasteiger partial charge in [0.15, 0.2) is 0 Å². The van der Waals surface area contributed by atoms with Crippen molar-refractivity contribution in [3.05, 3.63) is 11.6 Å². The summed E-state index contributed by atoms with van der Waals surface area (Å²) < 4.78 is 0. The molecule has 2 rings (SSSR count). The zero-order valence-corrected chi connectivity index (χ0v) is 11.5. The molecule has 98 valence electrons. The fraction of sp³-hybridized carbons (Fsp3) is 0.867. The maximum Gasteiger partial charge on any atom is 0.0751 e. The number of hydrogen-bond acceptors (Lipinski definition) is 2. The van der Waals surface area contributed by atoms with Crippen molar-refractivity contribution in [2.24, 2.45) is 17.3 Å². The van der Waals surface area contributed by atoms with Crippen LogP contribution in [0.1, 0.15) is 53.4 Å². The first-order valence-electron chi connectivity index (χ1n) is 6.83. The van der Waals surface area contributed by atoms with Crippen molar-refractivity contribution in [3.63, 3.8) is 0 Å². The summed E-state index contributed by atoms with van der Waals surface area (Å²) in [5.41, 5.74) is 0.681. The van der Waals surface area contributed by atoms with E-state index in [-0.39, 0.29) is 17.4 Å².